The first-order valence-corrected chi connectivity index (χ1v) is 15.9. The van der Waals surface area contributed by atoms with Crippen molar-refractivity contribution in [2.24, 2.45) is 5.92 Å². The topological polar surface area (TPSA) is 139 Å². The maximum absolute atomic E-state index is 13.5. The van der Waals surface area contributed by atoms with Crippen molar-refractivity contribution in [3.63, 3.8) is 0 Å². The number of piperidine rings is 1. The molecule has 0 bridgehead atoms. The summed E-state index contributed by atoms with van der Waals surface area (Å²) in [6.07, 6.45) is 5.93. The lowest BCUT2D eigenvalue weighted by molar-refractivity contribution is 0.126. The van der Waals surface area contributed by atoms with Gasteiger partial charge in [0, 0.05) is 42.2 Å². The lowest BCUT2D eigenvalue weighted by atomic mass is 9.98. The van der Waals surface area contributed by atoms with E-state index in [4.69, 9.17) is 9.47 Å². The van der Waals surface area contributed by atoms with Crippen molar-refractivity contribution in [1.82, 2.24) is 24.6 Å². The number of benzene rings is 2. The van der Waals surface area contributed by atoms with Gasteiger partial charge in [0.15, 0.2) is 16.6 Å². The largest absolute Gasteiger partial charge is 0.493 e. The van der Waals surface area contributed by atoms with Crippen molar-refractivity contribution in [2.75, 3.05) is 45.3 Å². The molecule has 0 spiro atoms. The summed E-state index contributed by atoms with van der Waals surface area (Å²) in [6, 6.07) is 8.47. The van der Waals surface area contributed by atoms with Crippen molar-refractivity contribution in [1.29, 1.82) is 0 Å². The number of nitrogens with zero attached hydrogens (tertiary/aromatic N) is 4. The molecule has 4 aromatic rings. The van der Waals surface area contributed by atoms with Crippen LogP contribution in [0.5, 0.6) is 11.5 Å². The van der Waals surface area contributed by atoms with Gasteiger partial charge in [-0.05, 0) is 62.5 Å². The van der Waals surface area contributed by atoms with Crippen LogP contribution in [-0.2, 0) is 16.6 Å². The fourth-order valence-electron chi connectivity index (χ4n) is 4.73. The van der Waals surface area contributed by atoms with E-state index in [2.05, 4.69) is 29.9 Å². The Hall–Kier alpha value is -3.43. The maximum atomic E-state index is 13.5. The lowest BCUT2D eigenvalue weighted by Gasteiger charge is -2.30. The normalized spacial score (nSPS) is 14.7. The SMILES string of the molecule is COc1cc2c(Nc3ncc(CNS(=O)(=O)c4cccc(F)c4)s3)ncnc2cc1OCCCN1CCC(CO)CC1. The van der Waals surface area contributed by atoms with Crippen molar-refractivity contribution in [3.05, 3.63) is 59.6 Å². The predicted octanol–water partition coefficient (Wildman–Crippen LogP) is 3.93. The van der Waals surface area contributed by atoms with Gasteiger partial charge < -0.3 is 24.8 Å². The summed E-state index contributed by atoms with van der Waals surface area (Å²) in [4.78, 5) is 16.0. The van der Waals surface area contributed by atoms with Crippen LogP contribution in [0.15, 0.2) is 53.8 Å². The van der Waals surface area contributed by atoms with E-state index < -0.39 is 15.8 Å². The molecule has 0 saturated carbocycles. The van der Waals surface area contributed by atoms with E-state index in [0.29, 0.717) is 50.8 Å². The van der Waals surface area contributed by atoms with Crippen LogP contribution >= 0.6 is 11.3 Å². The van der Waals surface area contributed by atoms with Gasteiger partial charge in [-0.3, -0.25) is 0 Å². The quantitative estimate of drug-likeness (QED) is 0.189. The summed E-state index contributed by atoms with van der Waals surface area (Å²) in [5.74, 6) is 1.46. The summed E-state index contributed by atoms with van der Waals surface area (Å²) in [5, 5.41) is 13.7. The summed E-state index contributed by atoms with van der Waals surface area (Å²) in [7, 11) is -2.30. The number of aliphatic hydroxyl groups is 1. The molecule has 1 saturated heterocycles. The molecule has 2 aromatic heterocycles. The number of anilines is 2. The molecule has 0 aliphatic carbocycles. The molecule has 42 heavy (non-hydrogen) atoms. The Morgan fingerprint density at radius 2 is 1.98 bits per heavy atom. The van der Waals surface area contributed by atoms with Crippen LogP contribution < -0.4 is 19.5 Å². The van der Waals surface area contributed by atoms with E-state index >= 15 is 0 Å². The Morgan fingerprint density at radius 3 is 2.74 bits per heavy atom. The number of likely N-dealkylation sites (tertiary alicyclic amines) is 1. The average Bonchev–Trinajstić information content (AvgIpc) is 3.45. The Kier molecular flexibility index (Phi) is 9.80. The van der Waals surface area contributed by atoms with Crippen LogP contribution in [0.25, 0.3) is 10.9 Å². The smallest absolute Gasteiger partial charge is 0.241 e. The second-order valence-corrected chi connectivity index (χ2v) is 12.8. The van der Waals surface area contributed by atoms with Crippen LogP contribution in [0.2, 0.25) is 0 Å². The first kappa shape index (κ1) is 30.0. The Labute approximate surface area is 247 Å². The molecule has 0 atom stereocenters. The zero-order valence-electron chi connectivity index (χ0n) is 23.1. The number of halogens is 1. The molecule has 11 nitrogen and oxygen atoms in total. The number of aromatic nitrogens is 3. The van der Waals surface area contributed by atoms with Gasteiger partial charge in [0.2, 0.25) is 10.0 Å². The number of thiazole rings is 1. The third-order valence-electron chi connectivity index (χ3n) is 7.08. The molecule has 0 radical (unpaired) electrons. The average molecular weight is 617 g/mol. The van der Waals surface area contributed by atoms with E-state index in [1.807, 2.05) is 12.1 Å². The highest BCUT2D eigenvalue weighted by atomic mass is 32.2. The highest BCUT2D eigenvalue weighted by Crippen LogP contribution is 2.35. The third kappa shape index (κ3) is 7.50. The standard InChI is InChI=1S/C28H33FN6O5S2/c1-39-25-13-23-24(14-26(25)40-11-3-8-35-9-6-19(17-36)7-10-35)31-18-32-27(23)34-28-30-15-21(41-28)16-33-42(37,38)22-5-2-4-20(29)12-22/h2,4-5,12-15,18-19,33,36H,3,6-11,16-17H2,1H3,(H,30,31,32,34). The second kappa shape index (κ2) is 13.7. The van der Waals surface area contributed by atoms with Gasteiger partial charge in [-0.25, -0.2) is 32.5 Å². The monoisotopic (exact) mass is 616 g/mol. The zero-order chi connectivity index (χ0) is 29.5. The Balaban J connectivity index is 1.20. The number of ether oxygens (including phenoxy) is 2. The number of rotatable bonds is 13. The highest BCUT2D eigenvalue weighted by molar-refractivity contribution is 7.89. The van der Waals surface area contributed by atoms with Crippen LogP contribution in [0.1, 0.15) is 24.1 Å². The Morgan fingerprint density at radius 1 is 1.14 bits per heavy atom. The van der Waals surface area contributed by atoms with Crippen LogP contribution in [0.3, 0.4) is 0 Å². The molecule has 2 aromatic carbocycles. The van der Waals surface area contributed by atoms with Gasteiger partial charge in [-0.1, -0.05) is 6.07 Å². The van der Waals surface area contributed by atoms with Crippen molar-refractivity contribution in [2.45, 2.75) is 30.7 Å². The highest BCUT2D eigenvalue weighted by Gasteiger charge is 2.19. The minimum atomic E-state index is -3.88. The molecule has 3 N–H and O–H groups in total. The van der Waals surface area contributed by atoms with Crippen molar-refractivity contribution < 1.29 is 27.4 Å². The van der Waals surface area contributed by atoms with Crippen molar-refractivity contribution in [3.8, 4) is 11.5 Å². The molecule has 3 heterocycles. The maximum Gasteiger partial charge on any atom is 0.241 e. The molecule has 1 aliphatic rings. The molecule has 1 fully saturated rings. The van der Waals surface area contributed by atoms with Gasteiger partial charge >= 0.3 is 0 Å². The van der Waals surface area contributed by atoms with E-state index in [-0.39, 0.29) is 18.0 Å². The minimum absolute atomic E-state index is 0.00181. The summed E-state index contributed by atoms with van der Waals surface area (Å²) in [5.41, 5.74) is 0.661. The van der Waals surface area contributed by atoms with Crippen molar-refractivity contribution >= 4 is 43.2 Å². The molecule has 1 aliphatic heterocycles. The van der Waals surface area contributed by atoms with Crippen LogP contribution in [0.4, 0.5) is 15.3 Å². The molecule has 14 heteroatoms. The number of sulfonamides is 1. The number of methoxy groups -OCH3 is 1. The van der Waals surface area contributed by atoms with Gasteiger partial charge in [0.25, 0.3) is 0 Å². The Bertz CT molecular complexity index is 1610. The molecular weight excluding hydrogens is 583 g/mol. The number of hydrogen-bond acceptors (Lipinski definition) is 11. The zero-order valence-corrected chi connectivity index (χ0v) is 24.8. The molecular formula is C28H33FN6O5S2. The van der Waals surface area contributed by atoms with Crippen LogP contribution in [0, 0.1) is 11.7 Å². The first-order chi connectivity index (χ1) is 20.3. The number of nitrogens with one attached hydrogen (secondary N) is 2. The molecule has 0 amide bonds. The number of fused-ring (bicyclic) bond motifs is 1. The van der Waals surface area contributed by atoms with Gasteiger partial charge in [0.05, 0.1) is 24.1 Å². The molecule has 224 valence electrons. The lowest BCUT2D eigenvalue weighted by Crippen LogP contribution is -2.35. The fourth-order valence-corrected chi connectivity index (χ4v) is 6.61. The third-order valence-corrected chi connectivity index (χ3v) is 9.40. The molecule has 0 unspecified atom stereocenters. The van der Waals surface area contributed by atoms with Gasteiger partial charge in [0.1, 0.15) is 18.0 Å². The van der Waals surface area contributed by atoms with E-state index in [9.17, 15) is 17.9 Å². The summed E-state index contributed by atoms with van der Waals surface area (Å²) >= 11 is 1.26. The summed E-state index contributed by atoms with van der Waals surface area (Å²) in [6.45, 7) is 3.74. The van der Waals surface area contributed by atoms with Gasteiger partial charge in [-0.15, -0.1) is 11.3 Å². The van der Waals surface area contributed by atoms with Crippen LogP contribution in [-0.4, -0.2) is 73.3 Å². The minimum Gasteiger partial charge on any atom is -0.493 e. The first-order valence-electron chi connectivity index (χ1n) is 13.6. The predicted molar refractivity (Wildman–Crippen MR) is 158 cm³/mol. The van der Waals surface area contributed by atoms with Gasteiger partial charge in [-0.2, -0.15) is 0 Å². The fraction of sp³-hybridized carbons (Fsp3) is 0.393. The van der Waals surface area contributed by atoms with E-state index in [0.717, 1.165) is 45.0 Å². The number of aliphatic hydroxyl groups excluding tert-OH is 1. The number of hydrogen-bond donors (Lipinski definition) is 3. The second-order valence-electron chi connectivity index (χ2n) is 9.95. The van der Waals surface area contributed by atoms with E-state index in [1.54, 1.807) is 13.3 Å². The molecule has 5 rings (SSSR count). The summed E-state index contributed by atoms with van der Waals surface area (Å²) < 4.78 is 52.6. The van der Waals surface area contributed by atoms with E-state index in [1.165, 1.54) is 35.9 Å².